The number of primary amides is 1. The summed E-state index contributed by atoms with van der Waals surface area (Å²) < 4.78 is 0. The van der Waals surface area contributed by atoms with E-state index >= 15 is 0 Å². The Bertz CT molecular complexity index is 541. The highest BCUT2D eigenvalue weighted by molar-refractivity contribution is 5.92. The largest absolute Gasteiger partial charge is 0.396 e. The number of aliphatic imine (C=N–C) groups is 1. The third-order valence-electron chi connectivity index (χ3n) is 3.90. The molecule has 1 unspecified atom stereocenters. The molecule has 0 saturated carbocycles. The number of benzene rings is 1. The normalized spacial score (nSPS) is 12.9. The Morgan fingerprint density at radius 2 is 1.92 bits per heavy atom. The van der Waals surface area contributed by atoms with Gasteiger partial charge < -0.3 is 21.5 Å². The van der Waals surface area contributed by atoms with E-state index in [0.29, 0.717) is 23.9 Å². The number of nitrogens with two attached hydrogens (primary N) is 1. The summed E-state index contributed by atoms with van der Waals surface area (Å²) >= 11 is 0. The van der Waals surface area contributed by atoms with E-state index in [1.165, 1.54) is 0 Å². The zero-order valence-corrected chi connectivity index (χ0v) is 15.6. The number of carbonyl (C=O) groups is 1. The van der Waals surface area contributed by atoms with Gasteiger partial charge in [-0.1, -0.05) is 26.0 Å². The Kier molecular flexibility index (Phi) is 9.62. The van der Waals surface area contributed by atoms with Crippen LogP contribution in [0.3, 0.4) is 0 Å². The number of carbonyl (C=O) groups excluding carboxylic acids is 1. The first-order valence-corrected chi connectivity index (χ1v) is 8.98. The fourth-order valence-electron chi connectivity index (χ4n) is 2.68. The quantitative estimate of drug-likeness (QED) is 0.383. The third kappa shape index (κ3) is 8.54. The molecule has 6 heteroatoms. The molecule has 0 aliphatic heterocycles. The Hall–Kier alpha value is -2.08. The van der Waals surface area contributed by atoms with Crippen molar-refractivity contribution in [2.24, 2.45) is 22.6 Å². The van der Waals surface area contributed by atoms with Crippen LogP contribution < -0.4 is 16.4 Å². The Morgan fingerprint density at radius 3 is 2.44 bits per heavy atom. The van der Waals surface area contributed by atoms with Gasteiger partial charge in [-0.15, -0.1) is 0 Å². The lowest BCUT2D eigenvalue weighted by Crippen LogP contribution is -2.40. The first kappa shape index (κ1) is 21.0. The Labute approximate surface area is 150 Å². The summed E-state index contributed by atoms with van der Waals surface area (Å²) in [5.41, 5.74) is 6.76. The van der Waals surface area contributed by atoms with Crippen LogP contribution in [-0.4, -0.2) is 36.7 Å². The van der Waals surface area contributed by atoms with Crippen LogP contribution in [0.4, 0.5) is 0 Å². The van der Waals surface area contributed by atoms with Crippen molar-refractivity contribution in [1.82, 2.24) is 10.6 Å². The summed E-state index contributed by atoms with van der Waals surface area (Å²) in [6, 6.07) is 7.15. The first-order valence-electron chi connectivity index (χ1n) is 8.98. The van der Waals surface area contributed by atoms with E-state index in [-0.39, 0.29) is 6.61 Å². The SMILES string of the molecule is CCNC(=NCc1ccc(C(N)=O)cc1)NCC(CCO)CC(C)C. The van der Waals surface area contributed by atoms with Gasteiger partial charge in [0, 0.05) is 25.3 Å². The van der Waals surface area contributed by atoms with Crippen LogP contribution in [0.15, 0.2) is 29.3 Å². The molecule has 0 aliphatic carbocycles. The van der Waals surface area contributed by atoms with Crippen molar-refractivity contribution in [3.05, 3.63) is 35.4 Å². The number of aliphatic hydroxyl groups is 1. The number of nitrogens with one attached hydrogen (secondary N) is 2. The van der Waals surface area contributed by atoms with E-state index in [1.807, 2.05) is 19.1 Å². The molecule has 0 heterocycles. The zero-order valence-electron chi connectivity index (χ0n) is 15.6. The number of hydrogen-bond acceptors (Lipinski definition) is 3. The van der Waals surface area contributed by atoms with E-state index in [2.05, 4.69) is 29.5 Å². The van der Waals surface area contributed by atoms with Crippen molar-refractivity contribution in [3.8, 4) is 0 Å². The minimum Gasteiger partial charge on any atom is -0.396 e. The monoisotopic (exact) mass is 348 g/mol. The van der Waals surface area contributed by atoms with Crippen LogP contribution in [0.2, 0.25) is 0 Å². The maximum absolute atomic E-state index is 11.1. The second kappa shape index (κ2) is 11.5. The predicted octanol–water partition coefficient (Wildman–Crippen LogP) is 1.89. The topological polar surface area (TPSA) is 99.7 Å². The fourth-order valence-corrected chi connectivity index (χ4v) is 2.68. The maximum atomic E-state index is 11.1. The highest BCUT2D eigenvalue weighted by atomic mass is 16.3. The summed E-state index contributed by atoms with van der Waals surface area (Å²) in [6.45, 7) is 8.70. The van der Waals surface area contributed by atoms with Gasteiger partial charge in [0.05, 0.1) is 6.54 Å². The number of rotatable bonds is 10. The van der Waals surface area contributed by atoms with Crippen LogP contribution in [-0.2, 0) is 6.54 Å². The van der Waals surface area contributed by atoms with E-state index in [4.69, 9.17) is 5.73 Å². The maximum Gasteiger partial charge on any atom is 0.248 e. The second-order valence-electron chi connectivity index (χ2n) is 6.65. The van der Waals surface area contributed by atoms with Crippen LogP contribution in [0, 0.1) is 11.8 Å². The molecule has 140 valence electrons. The van der Waals surface area contributed by atoms with Crippen LogP contribution in [0.1, 0.15) is 49.5 Å². The molecule has 0 fully saturated rings. The molecule has 1 atom stereocenters. The molecule has 0 spiro atoms. The van der Waals surface area contributed by atoms with E-state index in [0.717, 1.165) is 37.5 Å². The minimum absolute atomic E-state index is 0.207. The van der Waals surface area contributed by atoms with Gasteiger partial charge in [-0.3, -0.25) is 4.79 Å². The molecule has 0 saturated heterocycles. The molecule has 0 aliphatic rings. The number of nitrogens with zero attached hydrogens (tertiary/aromatic N) is 1. The van der Waals surface area contributed by atoms with Gasteiger partial charge in [-0.2, -0.15) is 0 Å². The van der Waals surface area contributed by atoms with E-state index in [9.17, 15) is 9.90 Å². The molecule has 0 aromatic heterocycles. The average Bonchev–Trinajstić information content (AvgIpc) is 2.57. The van der Waals surface area contributed by atoms with Gasteiger partial charge in [-0.05, 0) is 49.3 Å². The number of hydrogen-bond donors (Lipinski definition) is 4. The number of amides is 1. The molecule has 25 heavy (non-hydrogen) atoms. The van der Waals surface area contributed by atoms with Crippen LogP contribution >= 0.6 is 0 Å². The van der Waals surface area contributed by atoms with Crippen molar-refractivity contribution < 1.29 is 9.90 Å². The smallest absolute Gasteiger partial charge is 0.248 e. The highest BCUT2D eigenvalue weighted by Crippen LogP contribution is 2.14. The summed E-state index contributed by atoms with van der Waals surface area (Å²) in [5, 5.41) is 15.8. The molecule has 0 bridgehead atoms. The summed E-state index contributed by atoms with van der Waals surface area (Å²) in [6.07, 6.45) is 1.86. The van der Waals surface area contributed by atoms with Crippen molar-refractivity contribution in [2.75, 3.05) is 19.7 Å². The van der Waals surface area contributed by atoms with E-state index < -0.39 is 5.91 Å². The van der Waals surface area contributed by atoms with Crippen LogP contribution in [0.25, 0.3) is 0 Å². The van der Waals surface area contributed by atoms with Gasteiger partial charge >= 0.3 is 0 Å². The first-order chi connectivity index (χ1) is 12.0. The van der Waals surface area contributed by atoms with Crippen molar-refractivity contribution >= 4 is 11.9 Å². The summed E-state index contributed by atoms with van der Waals surface area (Å²) in [5.74, 6) is 1.35. The number of guanidine groups is 1. The van der Waals surface area contributed by atoms with Crippen molar-refractivity contribution in [1.29, 1.82) is 0 Å². The molecule has 1 aromatic carbocycles. The lowest BCUT2D eigenvalue weighted by molar-refractivity contribution is 0.100. The van der Waals surface area contributed by atoms with Gasteiger partial charge in [-0.25, -0.2) is 4.99 Å². The lowest BCUT2D eigenvalue weighted by atomic mass is 9.94. The van der Waals surface area contributed by atoms with E-state index in [1.54, 1.807) is 12.1 Å². The minimum atomic E-state index is -0.426. The third-order valence-corrected chi connectivity index (χ3v) is 3.90. The Balaban J connectivity index is 2.64. The molecule has 5 N–H and O–H groups in total. The van der Waals surface area contributed by atoms with Gasteiger partial charge in [0.15, 0.2) is 5.96 Å². The fraction of sp³-hybridized carbons (Fsp3) is 0.579. The summed E-state index contributed by atoms with van der Waals surface area (Å²) in [7, 11) is 0. The second-order valence-corrected chi connectivity index (χ2v) is 6.65. The molecule has 0 radical (unpaired) electrons. The standard InChI is InChI=1S/C19H32N4O2/c1-4-21-19(23-13-16(9-10-24)11-14(2)3)22-12-15-5-7-17(8-6-15)18(20)25/h5-8,14,16,24H,4,9-13H2,1-3H3,(H2,20,25)(H2,21,22,23). The van der Waals surface area contributed by atoms with Gasteiger partial charge in [0.2, 0.25) is 5.91 Å². The highest BCUT2D eigenvalue weighted by Gasteiger charge is 2.11. The number of aliphatic hydroxyl groups excluding tert-OH is 1. The molecule has 6 nitrogen and oxygen atoms in total. The lowest BCUT2D eigenvalue weighted by Gasteiger charge is -2.20. The molecular weight excluding hydrogens is 316 g/mol. The van der Waals surface area contributed by atoms with Gasteiger partial charge in [0.1, 0.15) is 0 Å². The van der Waals surface area contributed by atoms with Gasteiger partial charge in [0.25, 0.3) is 0 Å². The zero-order chi connectivity index (χ0) is 18.7. The molecular formula is C19H32N4O2. The molecule has 1 rings (SSSR count). The molecule has 1 aromatic rings. The predicted molar refractivity (Wildman–Crippen MR) is 102 cm³/mol. The van der Waals surface area contributed by atoms with Crippen LogP contribution in [0.5, 0.6) is 0 Å². The summed E-state index contributed by atoms with van der Waals surface area (Å²) in [4.78, 5) is 15.7. The van der Waals surface area contributed by atoms with Crippen molar-refractivity contribution in [3.63, 3.8) is 0 Å². The van der Waals surface area contributed by atoms with Crippen molar-refractivity contribution in [2.45, 2.75) is 40.2 Å². The Morgan fingerprint density at radius 1 is 1.24 bits per heavy atom. The molecule has 1 amide bonds. The average molecular weight is 348 g/mol.